The Hall–Kier alpha value is -2.83. The number of aromatic nitrogens is 2. The van der Waals surface area contributed by atoms with E-state index in [-0.39, 0.29) is 18.2 Å². The highest BCUT2D eigenvalue weighted by atomic mass is 35.5. The third-order valence-corrected chi connectivity index (χ3v) is 5.97. The number of carbonyl (C=O) groups is 2. The average molecular weight is 457 g/mol. The highest BCUT2D eigenvalue weighted by Gasteiger charge is 2.22. The molecule has 1 N–H and O–H groups in total. The van der Waals surface area contributed by atoms with E-state index >= 15 is 0 Å². The Balaban J connectivity index is 1.52. The number of hydrogen-bond acceptors (Lipinski definition) is 3. The Labute approximate surface area is 190 Å². The lowest BCUT2D eigenvalue weighted by atomic mass is 10.1. The summed E-state index contributed by atoms with van der Waals surface area (Å²) >= 11 is 12.3. The van der Waals surface area contributed by atoms with Gasteiger partial charge in [0.1, 0.15) is 0 Å². The van der Waals surface area contributed by atoms with Gasteiger partial charge in [-0.25, -0.2) is 4.68 Å². The van der Waals surface area contributed by atoms with Crippen molar-refractivity contribution in [2.75, 3.05) is 16.8 Å². The molecule has 4 rings (SSSR count). The molecule has 1 aromatic heterocycles. The van der Waals surface area contributed by atoms with E-state index in [1.54, 1.807) is 27.8 Å². The van der Waals surface area contributed by atoms with Crippen molar-refractivity contribution in [3.05, 3.63) is 69.5 Å². The second-order valence-corrected chi connectivity index (χ2v) is 8.42. The maximum atomic E-state index is 12.8. The van der Waals surface area contributed by atoms with E-state index in [0.717, 1.165) is 29.1 Å². The van der Waals surface area contributed by atoms with Crippen molar-refractivity contribution < 1.29 is 9.59 Å². The molecule has 31 heavy (non-hydrogen) atoms. The number of nitrogens with one attached hydrogen (secondary N) is 1. The summed E-state index contributed by atoms with van der Waals surface area (Å²) in [7, 11) is 0. The van der Waals surface area contributed by atoms with Crippen molar-refractivity contribution in [3.63, 3.8) is 0 Å². The van der Waals surface area contributed by atoms with Gasteiger partial charge in [-0.3, -0.25) is 9.59 Å². The number of halogens is 2. The number of carbonyl (C=O) groups excluding carboxylic acids is 2. The molecule has 1 aliphatic rings. The van der Waals surface area contributed by atoms with Crippen molar-refractivity contribution in [1.29, 1.82) is 0 Å². The lowest BCUT2D eigenvalue weighted by molar-refractivity contribution is -0.117. The summed E-state index contributed by atoms with van der Waals surface area (Å²) in [4.78, 5) is 26.5. The van der Waals surface area contributed by atoms with Gasteiger partial charge >= 0.3 is 0 Å². The van der Waals surface area contributed by atoms with Gasteiger partial charge in [0.15, 0.2) is 0 Å². The van der Waals surface area contributed by atoms with Crippen LogP contribution in [0.5, 0.6) is 0 Å². The molecular formula is C23H22Cl2N4O2. The minimum absolute atomic E-state index is 0.114. The lowest BCUT2D eigenvalue weighted by Gasteiger charge is -2.16. The Morgan fingerprint density at radius 2 is 1.97 bits per heavy atom. The minimum Gasteiger partial charge on any atom is -0.326 e. The van der Waals surface area contributed by atoms with E-state index < -0.39 is 0 Å². The first-order valence-electron chi connectivity index (χ1n) is 10.0. The fraction of sp³-hybridized carbons (Fsp3) is 0.261. The van der Waals surface area contributed by atoms with Gasteiger partial charge < -0.3 is 10.2 Å². The highest BCUT2D eigenvalue weighted by Crippen LogP contribution is 2.28. The third kappa shape index (κ3) is 4.45. The molecule has 0 saturated carbocycles. The van der Waals surface area contributed by atoms with Crippen LogP contribution in [-0.4, -0.2) is 28.1 Å². The standard InChI is InChI=1S/C23H22Cl2N4O2/c1-14-19(15(2)29(27-14)21-9-8-16(24)11-20(21)25)13-22(30)26-17-5-3-6-18(12-17)28-10-4-7-23(28)31/h3,5-6,8-9,11-12H,4,7,10,13H2,1-2H3,(H,26,30). The van der Waals surface area contributed by atoms with Crippen LogP contribution in [0.4, 0.5) is 11.4 Å². The summed E-state index contributed by atoms with van der Waals surface area (Å²) in [5.74, 6) is -0.0409. The lowest BCUT2D eigenvalue weighted by Crippen LogP contribution is -2.24. The predicted molar refractivity (Wildman–Crippen MR) is 123 cm³/mol. The van der Waals surface area contributed by atoms with E-state index in [4.69, 9.17) is 23.2 Å². The Kier molecular flexibility index (Phi) is 6.03. The van der Waals surface area contributed by atoms with Crippen LogP contribution in [0, 0.1) is 13.8 Å². The summed E-state index contributed by atoms with van der Waals surface area (Å²) in [5.41, 5.74) is 4.61. The zero-order valence-corrected chi connectivity index (χ0v) is 18.8. The summed E-state index contributed by atoms with van der Waals surface area (Å²) < 4.78 is 1.73. The van der Waals surface area contributed by atoms with Gasteiger partial charge in [0.25, 0.3) is 0 Å². The van der Waals surface area contributed by atoms with Crippen LogP contribution in [0.1, 0.15) is 29.8 Å². The van der Waals surface area contributed by atoms with Crippen LogP contribution in [0.3, 0.4) is 0 Å². The molecule has 0 atom stereocenters. The third-order valence-electron chi connectivity index (χ3n) is 5.43. The van der Waals surface area contributed by atoms with Crippen molar-refractivity contribution in [2.45, 2.75) is 33.1 Å². The predicted octanol–water partition coefficient (Wildman–Crippen LogP) is 5.10. The van der Waals surface area contributed by atoms with Crippen molar-refractivity contribution in [3.8, 4) is 5.69 Å². The van der Waals surface area contributed by atoms with Crippen molar-refractivity contribution >= 4 is 46.4 Å². The fourth-order valence-corrected chi connectivity index (χ4v) is 4.35. The SMILES string of the molecule is Cc1nn(-c2ccc(Cl)cc2Cl)c(C)c1CC(=O)Nc1cccc(N2CCCC2=O)c1. The van der Waals surface area contributed by atoms with E-state index in [1.165, 1.54) is 0 Å². The average Bonchev–Trinajstić information content (AvgIpc) is 3.26. The number of amides is 2. The van der Waals surface area contributed by atoms with Gasteiger partial charge in [-0.15, -0.1) is 0 Å². The van der Waals surface area contributed by atoms with Crippen LogP contribution < -0.4 is 10.2 Å². The molecule has 160 valence electrons. The fourth-order valence-electron chi connectivity index (χ4n) is 3.86. The molecule has 2 heterocycles. The normalized spacial score (nSPS) is 13.7. The number of aryl methyl sites for hydroxylation is 1. The van der Waals surface area contributed by atoms with E-state index in [2.05, 4.69) is 10.4 Å². The summed E-state index contributed by atoms with van der Waals surface area (Å²) in [5, 5.41) is 8.54. The molecular weight excluding hydrogens is 435 g/mol. The largest absolute Gasteiger partial charge is 0.326 e. The molecule has 0 radical (unpaired) electrons. The summed E-state index contributed by atoms with van der Waals surface area (Å²) in [6.45, 7) is 4.49. The van der Waals surface area contributed by atoms with Gasteiger partial charge in [0.2, 0.25) is 11.8 Å². The molecule has 2 amide bonds. The van der Waals surface area contributed by atoms with Gasteiger partial charge in [-0.05, 0) is 56.7 Å². The van der Waals surface area contributed by atoms with Gasteiger partial charge in [0, 0.05) is 40.6 Å². The highest BCUT2D eigenvalue weighted by molar-refractivity contribution is 6.35. The number of benzene rings is 2. The second-order valence-electron chi connectivity index (χ2n) is 7.58. The molecule has 1 fully saturated rings. The smallest absolute Gasteiger partial charge is 0.228 e. The first-order valence-corrected chi connectivity index (χ1v) is 10.8. The van der Waals surface area contributed by atoms with Crippen LogP contribution in [0.2, 0.25) is 10.0 Å². The first kappa shape index (κ1) is 21.4. The number of anilines is 2. The molecule has 2 aromatic carbocycles. The van der Waals surface area contributed by atoms with E-state index in [0.29, 0.717) is 34.4 Å². The van der Waals surface area contributed by atoms with Crippen LogP contribution in [-0.2, 0) is 16.0 Å². The molecule has 6 nitrogen and oxygen atoms in total. The minimum atomic E-state index is -0.155. The Morgan fingerprint density at radius 1 is 1.16 bits per heavy atom. The van der Waals surface area contributed by atoms with Crippen molar-refractivity contribution in [2.24, 2.45) is 0 Å². The monoisotopic (exact) mass is 456 g/mol. The van der Waals surface area contributed by atoms with E-state index in [1.807, 2.05) is 38.1 Å². The maximum Gasteiger partial charge on any atom is 0.228 e. The van der Waals surface area contributed by atoms with Gasteiger partial charge in [-0.1, -0.05) is 29.3 Å². The van der Waals surface area contributed by atoms with Crippen LogP contribution >= 0.6 is 23.2 Å². The number of rotatable bonds is 5. The first-order chi connectivity index (χ1) is 14.8. The number of nitrogens with zero attached hydrogens (tertiary/aromatic N) is 3. The van der Waals surface area contributed by atoms with E-state index in [9.17, 15) is 9.59 Å². The zero-order valence-electron chi connectivity index (χ0n) is 17.3. The summed E-state index contributed by atoms with van der Waals surface area (Å²) in [6.07, 6.45) is 1.60. The van der Waals surface area contributed by atoms with Gasteiger partial charge in [0.05, 0.1) is 22.8 Å². The Bertz CT molecular complexity index is 1170. The molecule has 0 bridgehead atoms. The van der Waals surface area contributed by atoms with Crippen LogP contribution in [0.25, 0.3) is 5.69 Å². The van der Waals surface area contributed by atoms with Gasteiger partial charge in [-0.2, -0.15) is 5.10 Å². The number of hydrogen-bond donors (Lipinski definition) is 1. The molecule has 8 heteroatoms. The molecule has 0 unspecified atom stereocenters. The summed E-state index contributed by atoms with van der Waals surface area (Å²) in [6, 6.07) is 12.6. The maximum absolute atomic E-state index is 12.8. The molecule has 0 aliphatic carbocycles. The molecule has 1 aliphatic heterocycles. The Morgan fingerprint density at radius 3 is 2.68 bits per heavy atom. The van der Waals surface area contributed by atoms with Crippen molar-refractivity contribution in [1.82, 2.24) is 9.78 Å². The molecule has 3 aromatic rings. The zero-order chi connectivity index (χ0) is 22.1. The quantitative estimate of drug-likeness (QED) is 0.580. The van der Waals surface area contributed by atoms with Crippen LogP contribution in [0.15, 0.2) is 42.5 Å². The second kappa shape index (κ2) is 8.73. The molecule has 1 saturated heterocycles. The molecule has 0 spiro atoms. The topological polar surface area (TPSA) is 67.2 Å².